The number of hydrogen-bond acceptors (Lipinski definition) is 2. The van der Waals surface area contributed by atoms with Gasteiger partial charge >= 0.3 is 5.97 Å². The van der Waals surface area contributed by atoms with E-state index in [-0.39, 0.29) is 18.5 Å². The molecule has 1 aromatic rings. The standard InChI is InChI=1S/C13H13F2NO3/c14-9-2-1-8(10(15)7-9)3-6-16-11(17)13(4-5-13)12(18)19/h1-2,7H,3-6H2,(H,16,17)(H,18,19). The maximum atomic E-state index is 13.3. The summed E-state index contributed by atoms with van der Waals surface area (Å²) in [5, 5.41) is 11.4. The van der Waals surface area contributed by atoms with Crippen LogP contribution in [0.25, 0.3) is 0 Å². The molecule has 0 atom stereocenters. The molecule has 1 aromatic carbocycles. The van der Waals surface area contributed by atoms with Gasteiger partial charge in [0.25, 0.3) is 0 Å². The fraction of sp³-hybridized carbons (Fsp3) is 0.385. The molecule has 0 unspecified atom stereocenters. The molecule has 1 aliphatic carbocycles. The molecule has 1 saturated carbocycles. The Balaban J connectivity index is 1.87. The van der Waals surface area contributed by atoms with Crippen molar-refractivity contribution in [3.8, 4) is 0 Å². The van der Waals surface area contributed by atoms with Gasteiger partial charge in [0.15, 0.2) is 0 Å². The molecule has 4 nitrogen and oxygen atoms in total. The zero-order chi connectivity index (χ0) is 14.0. The molecule has 0 aromatic heterocycles. The number of carboxylic acid groups (broad SMARTS) is 1. The number of hydrogen-bond donors (Lipinski definition) is 2. The second kappa shape index (κ2) is 4.95. The summed E-state index contributed by atoms with van der Waals surface area (Å²) in [7, 11) is 0. The summed E-state index contributed by atoms with van der Waals surface area (Å²) in [6.07, 6.45) is 0.853. The smallest absolute Gasteiger partial charge is 0.319 e. The van der Waals surface area contributed by atoms with Gasteiger partial charge in [0.2, 0.25) is 5.91 Å². The summed E-state index contributed by atoms with van der Waals surface area (Å²) in [6, 6.07) is 3.22. The van der Waals surface area contributed by atoms with Crippen molar-refractivity contribution >= 4 is 11.9 Å². The van der Waals surface area contributed by atoms with E-state index in [1.54, 1.807) is 0 Å². The average molecular weight is 269 g/mol. The van der Waals surface area contributed by atoms with Gasteiger partial charge in [0, 0.05) is 12.6 Å². The largest absolute Gasteiger partial charge is 0.480 e. The minimum atomic E-state index is -1.29. The molecule has 19 heavy (non-hydrogen) atoms. The Kier molecular flexibility index (Phi) is 3.50. The van der Waals surface area contributed by atoms with E-state index in [2.05, 4.69) is 5.32 Å². The summed E-state index contributed by atoms with van der Waals surface area (Å²) >= 11 is 0. The van der Waals surface area contributed by atoms with Crippen molar-refractivity contribution in [2.75, 3.05) is 6.54 Å². The van der Waals surface area contributed by atoms with Gasteiger partial charge < -0.3 is 10.4 Å². The second-order valence-corrected chi connectivity index (χ2v) is 4.63. The maximum Gasteiger partial charge on any atom is 0.319 e. The van der Waals surface area contributed by atoms with Crippen molar-refractivity contribution in [3.63, 3.8) is 0 Å². The number of carbonyl (C=O) groups excluding carboxylic acids is 1. The lowest BCUT2D eigenvalue weighted by Crippen LogP contribution is -2.38. The van der Waals surface area contributed by atoms with Crippen LogP contribution in [0.15, 0.2) is 18.2 Å². The van der Waals surface area contributed by atoms with Crippen molar-refractivity contribution in [2.45, 2.75) is 19.3 Å². The van der Waals surface area contributed by atoms with Crippen molar-refractivity contribution in [3.05, 3.63) is 35.4 Å². The number of benzene rings is 1. The highest BCUT2D eigenvalue weighted by atomic mass is 19.1. The molecule has 0 aliphatic heterocycles. The topological polar surface area (TPSA) is 66.4 Å². The fourth-order valence-electron chi connectivity index (χ4n) is 1.87. The highest BCUT2D eigenvalue weighted by molar-refractivity contribution is 6.04. The summed E-state index contributed by atoms with van der Waals surface area (Å²) < 4.78 is 26.0. The summed E-state index contributed by atoms with van der Waals surface area (Å²) in [5.41, 5.74) is -1.01. The van der Waals surface area contributed by atoms with Gasteiger partial charge in [-0.25, -0.2) is 8.78 Å². The third kappa shape index (κ3) is 2.72. The summed E-state index contributed by atoms with van der Waals surface area (Å²) in [6.45, 7) is 0.121. The van der Waals surface area contributed by atoms with Gasteiger partial charge in [0.05, 0.1) is 0 Å². The molecular formula is C13H13F2NO3. The first-order valence-electron chi connectivity index (χ1n) is 5.91. The van der Waals surface area contributed by atoms with Crippen molar-refractivity contribution in [1.82, 2.24) is 5.32 Å². The zero-order valence-corrected chi connectivity index (χ0v) is 10.1. The first-order valence-corrected chi connectivity index (χ1v) is 5.91. The summed E-state index contributed by atoms with van der Waals surface area (Å²) in [5.74, 6) is -3.00. The fourth-order valence-corrected chi connectivity index (χ4v) is 1.87. The molecule has 0 spiro atoms. The van der Waals surface area contributed by atoms with Gasteiger partial charge in [-0.3, -0.25) is 9.59 Å². The van der Waals surface area contributed by atoms with Gasteiger partial charge in [-0.15, -0.1) is 0 Å². The lowest BCUT2D eigenvalue weighted by molar-refractivity contribution is -0.149. The first-order chi connectivity index (χ1) is 8.95. The molecule has 102 valence electrons. The van der Waals surface area contributed by atoms with Crippen LogP contribution in [0, 0.1) is 17.0 Å². The minimum absolute atomic E-state index is 0.121. The molecule has 1 aliphatic rings. The van der Waals surface area contributed by atoms with Gasteiger partial charge in [0.1, 0.15) is 17.0 Å². The average Bonchev–Trinajstić information content (AvgIpc) is 3.13. The Bertz CT molecular complexity index is 527. The number of rotatable bonds is 5. The lowest BCUT2D eigenvalue weighted by atomic mass is 10.1. The monoisotopic (exact) mass is 269 g/mol. The minimum Gasteiger partial charge on any atom is -0.480 e. The second-order valence-electron chi connectivity index (χ2n) is 4.63. The summed E-state index contributed by atoms with van der Waals surface area (Å²) in [4.78, 5) is 22.5. The van der Waals surface area contributed by atoms with Crippen LogP contribution in [0.5, 0.6) is 0 Å². The molecule has 2 rings (SSSR count). The normalized spacial score (nSPS) is 15.9. The number of aliphatic carboxylic acids is 1. The molecule has 0 heterocycles. The lowest BCUT2D eigenvalue weighted by Gasteiger charge is -2.10. The number of carboxylic acids is 1. The molecular weight excluding hydrogens is 256 g/mol. The van der Waals surface area contributed by atoms with Gasteiger partial charge in [-0.05, 0) is 30.9 Å². The Morgan fingerprint density at radius 3 is 2.53 bits per heavy atom. The van der Waals surface area contributed by atoms with Crippen molar-refractivity contribution in [1.29, 1.82) is 0 Å². The van der Waals surface area contributed by atoms with E-state index in [9.17, 15) is 18.4 Å². The van der Waals surface area contributed by atoms with E-state index in [0.717, 1.165) is 12.1 Å². The highest BCUT2D eigenvalue weighted by Crippen LogP contribution is 2.45. The van der Waals surface area contributed by atoms with Crippen LogP contribution >= 0.6 is 0 Å². The highest BCUT2D eigenvalue weighted by Gasteiger charge is 2.56. The van der Waals surface area contributed by atoms with E-state index in [4.69, 9.17) is 5.11 Å². The first kappa shape index (κ1) is 13.5. The van der Waals surface area contributed by atoms with Crippen LogP contribution in [-0.2, 0) is 16.0 Å². The molecule has 0 saturated heterocycles. The predicted octanol–water partition coefficient (Wildman–Crippen LogP) is 1.49. The molecule has 6 heteroatoms. The van der Waals surface area contributed by atoms with Crippen LogP contribution in [-0.4, -0.2) is 23.5 Å². The van der Waals surface area contributed by atoms with E-state index in [1.807, 2.05) is 0 Å². The van der Waals surface area contributed by atoms with E-state index >= 15 is 0 Å². The number of amides is 1. The predicted molar refractivity (Wildman–Crippen MR) is 62.4 cm³/mol. The van der Waals surface area contributed by atoms with Gasteiger partial charge in [-0.1, -0.05) is 6.07 Å². The third-order valence-corrected chi connectivity index (χ3v) is 3.29. The molecule has 2 N–H and O–H groups in total. The van der Waals surface area contributed by atoms with E-state index in [1.165, 1.54) is 6.07 Å². The Hall–Kier alpha value is -1.98. The van der Waals surface area contributed by atoms with E-state index < -0.39 is 28.9 Å². The Morgan fingerprint density at radius 2 is 2.00 bits per heavy atom. The van der Waals surface area contributed by atoms with Gasteiger partial charge in [-0.2, -0.15) is 0 Å². The Labute approximate surface area is 108 Å². The van der Waals surface area contributed by atoms with Crippen molar-refractivity contribution < 1.29 is 23.5 Å². The third-order valence-electron chi connectivity index (χ3n) is 3.29. The van der Waals surface area contributed by atoms with E-state index in [0.29, 0.717) is 12.8 Å². The molecule has 1 amide bonds. The number of halogens is 2. The quantitative estimate of drug-likeness (QED) is 0.796. The molecule has 0 bridgehead atoms. The van der Waals surface area contributed by atoms with Crippen LogP contribution in [0.3, 0.4) is 0 Å². The van der Waals surface area contributed by atoms with Crippen LogP contribution < -0.4 is 5.32 Å². The van der Waals surface area contributed by atoms with Crippen LogP contribution in [0.1, 0.15) is 18.4 Å². The van der Waals surface area contributed by atoms with Crippen molar-refractivity contribution in [2.24, 2.45) is 5.41 Å². The van der Waals surface area contributed by atoms with Crippen LogP contribution in [0.4, 0.5) is 8.78 Å². The Morgan fingerprint density at radius 1 is 1.32 bits per heavy atom. The number of carbonyl (C=O) groups is 2. The van der Waals surface area contributed by atoms with Crippen LogP contribution in [0.2, 0.25) is 0 Å². The molecule has 1 fully saturated rings. The zero-order valence-electron chi connectivity index (χ0n) is 10.1. The number of nitrogens with one attached hydrogen (secondary N) is 1. The molecule has 0 radical (unpaired) electrons. The SMILES string of the molecule is O=C(O)C1(C(=O)NCCc2ccc(F)cc2F)CC1. The maximum absolute atomic E-state index is 13.3.